The maximum atomic E-state index is 11.5. The Morgan fingerprint density at radius 1 is 1.33 bits per heavy atom. The fraction of sp³-hybridized carbons (Fsp3) is 0.500. The van der Waals surface area contributed by atoms with Gasteiger partial charge in [0, 0.05) is 19.0 Å². The Hall–Kier alpha value is -1.55. The molecule has 1 unspecified atom stereocenters. The standard InChI is InChI=1S/C14H22N2O2/c1-12(15-2)11-16-14(17)9-6-10-18-13-7-4-3-5-8-13/h3-5,7-8,12,15H,6,9-11H2,1-2H3,(H,16,17). The van der Waals surface area contributed by atoms with Crippen molar-refractivity contribution >= 4 is 5.91 Å². The van der Waals surface area contributed by atoms with Crippen molar-refractivity contribution in [3.63, 3.8) is 0 Å². The number of para-hydroxylation sites is 1. The fourth-order valence-electron chi connectivity index (χ4n) is 1.40. The predicted octanol–water partition coefficient (Wildman–Crippen LogP) is 1.57. The molecular formula is C14H22N2O2. The Balaban J connectivity index is 2.05. The Morgan fingerprint density at radius 2 is 2.06 bits per heavy atom. The molecule has 0 aliphatic carbocycles. The number of hydrogen-bond acceptors (Lipinski definition) is 3. The molecular weight excluding hydrogens is 228 g/mol. The van der Waals surface area contributed by atoms with E-state index in [-0.39, 0.29) is 5.91 Å². The number of ether oxygens (including phenoxy) is 1. The highest BCUT2D eigenvalue weighted by molar-refractivity contribution is 5.75. The van der Waals surface area contributed by atoms with Gasteiger partial charge in [0.1, 0.15) is 5.75 Å². The summed E-state index contributed by atoms with van der Waals surface area (Å²) < 4.78 is 5.51. The summed E-state index contributed by atoms with van der Waals surface area (Å²) >= 11 is 0. The molecule has 4 heteroatoms. The van der Waals surface area contributed by atoms with E-state index in [9.17, 15) is 4.79 Å². The van der Waals surface area contributed by atoms with Crippen LogP contribution >= 0.6 is 0 Å². The Bertz CT molecular complexity index is 341. The minimum atomic E-state index is 0.0776. The molecule has 1 atom stereocenters. The molecule has 0 saturated heterocycles. The Labute approximate surface area is 109 Å². The molecule has 4 nitrogen and oxygen atoms in total. The lowest BCUT2D eigenvalue weighted by Crippen LogP contribution is -2.37. The molecule has 2 N–H and O–H groups in total. The molecule has 0 fully saturated rings. The van der Waals surface area contributed by atoms with Gasteiger partial charge in [0.2, 0.25) is 5.91 Å². The van der Waals surface area contributed by atoms with Gasteiger partial charge in [-0.15, -0.1) is 0 Å². The summed E-state index contributed by atoms with van der Waals surface area (Å²) in [6.45, 7) is 3.26. The van der Waals surface area contributed by atoms with Crippen LogP contribution in [0.1, 0.15) is 19.8 Å². The molecule has 0 aliphatic heterocycles. The van der Waals surface area contributed by atoms with Gasteiger partial charge in [-0.1, -0.05) is 18.2 Å². The van der Waals surface area contributed by atoms with Crippen molar-refractivity contribution in [2.75, 3.05) is 20.2 Å². The monoisotopic (exact) mass is 250 g/mol. The quantitative estimate of drug-likeness (QED) is 0.689. The van der Waals surface area contributed by atoms with E-state index in [1.165, 1.54) is 0 Å². The van der Waals surface area contributed by atoms with Gasteiger partial charge < -0.3 is 15.4 Å². The maximum Gasteiger partial charge on any atom is 0.220 e. The van der Waals surface area contributed by atoms with Gasteiger partial charge in [0.05, 0.1) is 6.61 Å². The summed E-state index contributed by atoms with van der Waals surface area (Å²) in [5.41, 5.74) is 0. The van der Waals surface area contributed by atoms with Crippen LogP contribution in [0.5, 0.6) is 5.75 Å². The number of rotatable bonds is 8. The first kappa shape index (κ1) is 14.5. The first-order valence-corrected chi connectivity index (χ1v) is 6.34. The van der Waals surface area contributed by atoms with Crippen LogP contribution in [0.3, 0.4) is 0 Å². The zero-order chi connectivity index (χ0) is 13.2. The Kier molecular flexibility index (Phi) is 6.87. The third-order valence-electron chi connectivity index (χ3n) is 2.66. The third kappa shape index (κ3) is 6.25. The van der Waals surface area contributed by atoms with Gasteiger partial charge >= 0.3 is 0 Å². The largest absolute Gasteiger partial charge is 0.494 e. The summed E-state index contributed by atoms with van der Waals surface area (Å²) in [5.74, 6) is 0.926. The minimum absolute atomic E-state index is 0.0776. The van der Waals surface area contributed by atoms with Crippen LogP contribution in [-0.2, 0) is 4.79 Å². The van der Waals surface area contributed by atoms with E-state index in [4.69, 9.17) is 4.74 Å². The minimum Gasteiger partial charge on any atom is -0.494 e. The summed E-state index contributed by atoms with van der Waals surface area (Å²) in [5, 5.41) is 5.94. The van der Waals surface area contributed by atoms with Gasteiger partial charge in [-0.25, -0.2) is 0 Å². The number of nitrogens with one attached hydrogen (secondary N) is 2. The highest BCUT2D eigenvalue weighted by Crippen LogP contribution is 2.08. The molecule has 0 radical (unpaired) electrons. The van der Waals surface area contributed by atoms with E-state index < -0.39 is 0 Å². The molecule has 0 saturated carbocycles. The van der Waals surface area contributed by atoms with Gasteiger partial charge in [-0.2, -0.15) is 0 Å². The molecule has 1 amide bonds. The van der Waals surface area contributed by atoms with Crippen molar-refractivity contribution in [3.8, 4) is 5.75 Å². The van der Waals surface area contributed by atoms with E-state index in [0.29, 0.717) is 25.6 Å². The topological polar surface area (TPSA) is 50.4 Å². The lowest BCUT2D eigenvalue weighted by Gasteiger charge is -2.11. The average molecular weight is 250 g/mol. The molecule has 0 spiro atoms. The smallest absolute Gasteiger partial charge is 0.220 e. The number of benzene rings is 1. The van der Waals surface area contributed by atoms with Gasteiger partial charge in [-0.05, 0) is 32.5 Å². The highest BCUT2D eigenvalue weighted by atomic mass is 16.5. The second-order valence-corrected chi connectivity index (χ2v) is 4.26. The summed E-state index contributed by atoms with van der Waals surface area (Å²) in [6.07, 6.45) is 1.23. The van der Waals surface area contributed by atoms with Crippen LogP contribution in [-0.4, -0.2) is 32.1 Å². The first-order valence-electron chi connectivity index (χ1n) is 6.34. The second-order valence-electron chi connectivity index (χ2n) is 4.26. The summed E-state index contributed by atoms with van der Waals surface area (Å²) in [4.78, 5) is 11.5. The van der Waals surface area contributed by atoms with Crippen LogP contribution in [0.2, 0.25) is 0 Å². The van der Waals surface area contributed by atoms with E-state index in [1.54, 1.807) is 0 Å². The molecule has 0 aromatic heterocycles. The highest BCUT2D eigenvalue weighted by Gasteiger charge is 2.03. The number of carbonyl (C=O) groups is 1. The summed E-state index contributed by atoms with van der Waals surface area (Å²) in [7, 11) is 1.88. The van der Waals surface area contributed by atoms with E-state index in [1.807, 2.05) is 44.3 Å². The predicted molar refractivity (Wildman–Crippen MR) is 72.7 cm³/mol. The van der Waals surface area contributed by atoms with Crippen LogP contribution in [0, 0.1) is 0 Å². The lowest BCUT2D eigenvalue weighted by atomic mass is 10.3. The third-order valence-corrected chi connectivity index (χ3v) is 2.66. The van der Waals surface area contributed by atoms with Crippen LogP contribution < -0.4 is 15.4 Å². The average Bonchev–Trinajstić information content (AvgIpc) is 2.42. The van der Waals surface area contributed by atoms with Crippen molar-refractivity contribution in [1.29, 1.82) is 0 Å². The van der Waals surface area contributed by atoms with Crippen molar-refractivity contribution in [2.45, 2.75) is 25.8 Å². The van der Waals surface area contributed by atoms with E-state index >= 15 is 0 Å². The SMILES string of the molecule is CNC(C)CNC(=O)CCCOc1ccccc1. The molecule has 0 aliphatic rings. The second kappa shape index (κ2) is 8.53. The van der Waals surface area contributed by atoms with E-state index in [2.05, 4.69) is 10.6 Å². The van der Waals surface area contributed by atoms with Crippen LogP contribution in [0.15, 0.2) is 30.3 Å². The molecule has 1 aromatic carbocycles. The molecule has 100 valence electrons. The van der Waals surface area contributed by atoms with Crippen molar-refractivity contribution < 1.29 is 9.53 Å². The van der Waals surface area contributed by atoms with Crippen LogP contribution in [0.4, 0.5) is 0 Å². The number of likely N-dealkylation sites (N-methyl/N-ethyl adjacent to an activating group) is 1. The zero-order valence-corrected chi connectivity index (χ0v) is 11.1. The first-order chi connectivity index (χ1) is 8.72. The van der Waals surface area contributed by atoms with Crippen molar-refractivity contribution in [1.82, 2.24) is 10.6 Å². The molecule has 0 bridgehead atoms. The fourth-order valence-corrected chi connectivity index (χ4v) is 1.40. The number of hydrogen-bond donors (Lipinski definition) is 2. The van der Waals surface area contributed by atoms with Gasteiger partial charge in [0.25, 0.3) is 0 Å². The molecule has 0 heterocycles. The maximum absolute atomic E-state index is 11.5. The van der Waals surface area contributed by atoms with Gasteiger partial charge in [0.15, 0.2) is 0 Å². The molecule has 1 aromatic rings. The molecule has 18 heavy (non-hydrogen) atoms. The zero-order valence-electron chi connectivity index (χ0n) is 11.1. The van der Waals surface area contributed by atoms with Gasteiger partial charge in [-0.3, -0.25) is 4.79 Å². The Morgan fingerprint density at radius 3 is 2.72 bits per heavy atom. The summed E-state index contributed by atoms with van der Waals surface area (Å²) in [6, 6.07) is 9.93. The van der Waals surface area contributed by atoms with E-state index in [0.717, 1.165) is 12.2 Å². The number of amides is 1. The van der Waals surface area contributed by atoms with Crippen molar-refractivity contribution in [2.24, 2.45) is 0 Å². The molecule has 1 rings (SSSR count). The normalized spacial score (nSPS) is 11.9. The van der Waals surface area contributed by atoms with Crippen molar-refractivity contribution in [3.05, 3.63) is 30.3 Å². The lowest BCUT2D eigenvalue weighted by molar-refractivity contribution is -0.121. The number of carbonyl (C=O) groups excluding carboxylic acids is 1. The van der Waals surface area contributed by atoms with Crippen LogP contribution in [0.25, 0.3) is 0 Å².